The maximum absolute atomic E-state index is 11.1. The summed E-state index contributed by atoms with van der Waals surface area (Å²) < 4.78 is 5.33. The fourth-order valence-corrected chi connectivity index (χ4v) is 4.78. The zero-order valence-electron chi connectivity index (χ0n) is 12.9. The van der Waals surface area contributed by atoms with E-state index in [1.807, 2.05) is 0 Å². The summed E-state index contributed by atoms with van der Waals surface area (Å²) in [7, 11) is 0. The van der Waals surface area contributed by atoms with Gasteiger partial charge in [-0.3, -0.25) is 4.79 Å². The van der Waals surface area contributed by atoms with E-state index in [0.29, 0.717) is 17.9 Å². The first-order valence-electron chi connectivity index (χ1n) is 7.58. The molecule has 0 spiro atoms. The molecule has 2 fully saturated rings. The molecule has 3 atom stereocenters. The molecule has 0 aromatic heterocycles. The molecule has 108 valence electrons. The minimum Gasteiger partial charge on any atom is -0.465 e. The van der Waals surface area contributed by atoms with Gasteiger partial charge in [0.2, 0.25) is 0 Å². The van der Waals surface area contributed by atoms with Crippen LogP contribution in [0, 0.1) is 22.7 Å². The molecule has 0 heterocycles. The molecular weight excluding hydrogens is 236 g/mol. The van der Waals surface area contributed by atoms with Crippen molar-refractivity contribution < 1.29 is 9.53 Å². The van der Waals surface area contributed by atoms with E-state index in [0.717, 1.165) is 12.3 Å². The van der Waals surface area contributed by atoms with Gasteiger partial charge in [-0.15, -0.1) is 0 Å². The van der Waals surface area contributed by atoms with E-state index in [1.54, 1.807) is 0 Å². The van der Waals surface area contributed by atoms with Crippen LogP contribution in [0.5, 0.6) is 0 Å². The van der Waals surface area contributed by atoms with Gasteiger partial charge >= 0.3 is 5.97 Å². The predicted molar refractivity (Wildman–Crippen MR) is 77.7 cm³/mol. The third-order valence-corrected chi connectivity index (χ3v) is 5.77. The highest BCUT2D eigenvalue weighted by atomic mass is 16.5. The summed E-state index contributed by atoms with van der Waals surface area (Å²) in [5, 5.41) is 0. The fourth-order valence-electron chi connectivity index (χ4n) is 4.78. The summed E-state index contributed by atoms with van der Waals surface area (Å²) in [4.78, 5) is 11.1. The van der Waals surface area contributed by atoms with Crippen molar-refractivity contribution in [3.63, 3.8) is 0 Å². The molecule has 19 heavy (non-hydrogen) atoms. The van der Waals surface area contributed by atoms with Gasteiger partial charge in [-0.05, 0) is 42.4 Å². The highest BCUT2D eigenvalue weighted by molar-refractivity contribution is 5.65. The van der Waals surface area contributed by atoms with Gasteiger partial charge in [-0.1, -0.05) is 39.3 Å². The van der Waals surface area contributed by atoms with Gasteiger partial charge in [-0.2, -0.15) is 0 Å². The second-order valence-electron chi connectivity index (χ2n) is 7.45. The van der Waals surface area contributed by atoms with Crippen LogP contribution in [-0.2, 0) is 9.53 Å². The maximum Gasteiger partial charge on any atom is 0.302 e. The van der Waals surface area contributed by atoms with Gasteiger partial charge in [0.15, 0.2) is 0 Å². The van der Waals surface area contributed by atoms with Gasteiger partial charge < -0.3 is 4.74 Å². The van der Waals surface area contributed by atoms with Gasteiger partial charge in [0.05, 0.1) is 6.61 Å². The molecular formula is C17H28O2. The molecule has 0 aromatic rings. The van der Waals surface area contributed by atoms with Gasteiger partial charge in [0.25, 0.3) is 0 Å². The number of fused-ring (bicyclic) bond motifs is 1. The SMILES string of the molecule is C=C1CC[C@H]2C(C)(C)CCC[C@]2(C)C1COC(C)=O. The van der Waals surface area contributed by atoms with Gasteiger partial charge in [-0.25, -0.2) is 0 Å². The second-order valence-corrected chi connectivity index (χ2v) is 7.45. The second kappa shape index (κ2) is 4.96. The molecule has 2 rings (SSSR count). The molecule has 0 aromatic carbocycles. The van der Waals surface area contributed by atoms with Crippen molar-refractivity contribution >= 4 is 5.97 Å². The standard InChI is InChI=1S/C17H28O2/c1-12-7-8-15-16(3,4)9-6-10-17(15,5)14(12)11-19-13(2)18/h14-15H,1,6-11H2,2-5H3/t14?,15-,17+/m0/s1. The first kappa shape index (κ1) is 14.6. The molecule has 0 N–H and O–H groups in total. The number of carbonyl (C=O) groups is 1. The Hall–Kier alpha value is -0.790. The molecule has 1 unspecified atom stereocenters. The first-order valence-corrected chi connectivity index (χ1v) is 7.58. The third-order valence-electron chi connectivity index (χ3n) is 5.77. The van der Waals surface area contributed by atoms with Crippen LogP contribution in [0.1, 0.15) is 59.8 Å². The Bertz CT molecular complexity index is 383. The van der Waals surface area contributed by atoms with Crippen molar-refractivity contribution in [2.45, 2.75) is 59.8 Å². The van der Waals surface area contributed by atoms with Crippen LogP contribution in [0.25, 0.3) is 0 Å². The van der Waals surface area contributed by atoms with E-state index in [1.165, 1.54) is 38.2 Å². The number of carbonyl (C=O) groups excluding carboxylic acids is 1. The van der Waals surface area contributed by atoms with Gasteiger partial charge in [0, 0.05) is 12.8 Å². The highest BCUT2D eigenvalue weighted by Gasteiger charge is 2.53. The van der Waals surface area contributed by atoms with Gasteiger partial charge in [0.1, 0.15) is 0 Å². The first-order chi connectivity index (χ1) is 8.77. The van der Waals surface area contributed by atoms with E-state index in [4.69, 9.17) is 4.74 Å². The number of hydrogen-bond acceptors (Lipinski definition) is 2. The minimum atomic E-state index is -0.173. The third kappa shape index (κ3) is 2.59. The topological polar surface area (TPSA) is 26.3 Å². The van der Waals surface area contributed by atoms with Crippen LogP contribution < -0.4 is 0 Å². The van der Waals surface area contributed by atoms with E-state index in [9.17, 15) is 4.79 Å². The maximum atomic E-state index is 11.1. The summed E-state index contributed by atoms with van der Waals surface area (Å²) in [6.07, 6.45) is 6.18. The molecule has 2 aliphatic rings. The lowest BCUT2D eigenvalue weighted by Gasteiger charge is -2.57. The van der Waals surface area contributed by atoms with Crippen molar-refractivity contribution in [1.29, 1.82) is 0 Å². The lowest BCUT2D eigenvalue weighted by molar-refractivity contribution is -0.146. The summed E-state index contributed by atoms with van der Waals surface area (Å²) in [6.45, 7) is 13.5. The summed E-state index contributed by atoms with van der Waals surface area (Å²) >= 11 is 0. The quantitative estimate of drug-likeness (QED) is 0.547. The summed E-state index contributed by atoms with van der Waals surface area (Å²) in [5.41, 5.74) is 1.95. The minimum absolute atomic E-state index is 0.173. The van der Waals surface area contributed by atoms with Crippen LogP contribution in [-0.4, -0.2) is 12.6 Å². The Kier molecular flexibility index (Phi) is 3.81. The smallest absolute Gasteiger partial charge is 0.302 e. The average Bonchev–Trinajstić information content (AvgIpc) is 2.26. The molecule has 0 bridgehead atoms. The zero-order chi connectivity index (χ0) is 14.3. The molecule has 0 amide bonds. The molecule has 2 nitrogen and oxygen atoms in total. The zero-order valence-corrected chi connectivity index (χ0v) is 12.9. The molecule has 0 saturated heterocycles. The molecule has 2 saturated carbocycles. The summed E-state index contributed by atoms with van der Waals surface area (Å²) in [5.74, 6) is 0.892. The normalized spacial score (nSPS) is 37.6. The van der Waals surface area contributed by atoms with Crippen LogP contribution >= 0.6 is 0 Å². The highest BCUT2D eigenvalue weighted by Crippen LogP contribution is 2.60. The van der Waals surface area contributed by atoms with E-state index in [-0.39, 0.29) is 11.4 Å². The average molecular weight is 264 g/mol. The van der Waals surface area contributed by atoms with Crippen LogP contribution in [0.4, 0.5) is 0 Å². The van der Waals surface area contributed by atoms with E-state index in [2.05, 4.69) is 27.4 Å². The number of hydrogen-bond donors (Lipinski definition) is 0. The lowest BCUT2D eigenvalue weighted by Crippen LogP contribution is -2.50. The Morgan fingerprint density at radius 3 is 2.68 bits per heavy atom. The van der Waals surface area contributed by atoms with Crippen molar-refractivity contribution in [3.05, 3.63) is 12.2 Å². The Balaban J connectivity index is 2.24. The number of esters is 1. The van der Waals surface area contributed by atoms with Crippen LogP contribution in [0.3, 0.4) is 0 Å². The number of ether oxygens (including phenoxy) is 1. The largest absolute Gasteiger partial charge is 0.465 e. The van der Waals surface area contributed by atoms with Crippen LogP contribution in [0.15, 0.2) is 12.2 Å². The monoisotopic (exact) mass is 264 g/mol. The van der Waals surface area contributed by atoms with Crippen molar-refractivity contribution in [2.24, 2.45) is 22.7 Å². The van der Waals surface area contributed by atoms with E-state index >= 15 is 0 Å². The molecule has 2 heteroatoms. The summed E-state index contributed by atoms with van der Waals surface area (Å²) in [6, 6.07) is 0. The molecule has 0 aliphatic heterocycles. The molecule has 2 aliphatic carbocycles. The van der Waals surface area contributed by atoms with Crippen molar-refractivity contribution in [1.82, 2.24) is 0 Å². The number of rotatable bonds is 2. The Labute approximate surface area is 117 Å². The molecule has 0 radical (unpaired) electrons. The van der Waals surface area contributed by atoms with Crippen molar-refractivity contribution in [2.75, 3.05) is 6.61 Å². The predicted octanol–water partition coefficient (Wildman–Crippen LogP) is 4.35. The van der Waals surface area contributed by atoms with Crippen molar-refractivity contribution in [3.8, 4) is 0 Å². The van der Waals surface area contributed by atoms with E-state index < -0.39 is 0 Å². The fraction of sp³-hybridized carbons (Fsp3) is 0.824. The lowest BCUT2D eigenvalue weighted by atomic mass is 9.48. The Morgan fingerprint density at radius 2 is 2.05 bits per heavy atom. The Morgan fingerprint density at radius 1 is 1.37 bits per heavy atom. The van der Waals surface area contributed by atoms with Crippen LogP contribution in [0.2, 0.25) is 0 Å².